The zero-order chi connectivity index (χ0) is 18.9. The summed E-state index contributed by atoms with van der Waals surface area (Å²) in [5.74, 6) is 0.0705. The smallest absolute Gasteiger partial charge is 0.417 e. The number of rotatable bonds is 4. The standard InChI is InChI=1S/C17H13F3N2O3S/c1-11-14(22-16(25-11)12-5-3-2-4-6-12)10-26(23,24)15-8-7-13(9-21-15)17(18,19)20/h2-9H,10H2,1H3. The summed E-state index contributed by atoms with van der Waals surface area (Å²) in [6, 6.07) is 10.5. The van der Waals surface area contributed by atoms with Crippen molar-refractivity contribution in [3.05, 3.63) is 65.7 Å². The number of aryl methyl sites for hydroxylation is 1. The SMILES string of the molecule is Cc1oc(-c2ccccc2)nc1CS(=O)(=O)c1ccc(C(F)(F)F)cn1. The Morgan fingerprint density at radius 1 is 1.08 bits per heavy atom. The Labute approximate surface area is 147 Å². The summed E-state index contributed by atoms with van der Waals surface area (Å²) < 4.78 is 68.1. The summed E-state index contributed by atoms with van der Waals surface area (Å²) in [5.41, 5.74) is -0.141. The minimum atomic E-state index is -4.58. The molecule has 0 fully saturated rings. The molecule has 0 unspecified atom stereocenters. The largest absolute Gasteiger partial charge is 0.441 e. The molecule has 0 amide bonds. The Balaban J connectivity index is 1.87. The van der Waals surface area contributed by atoms with Crippen molar-refractivity contribution >= 4 is 9.84 Å². The lowest BCUT2D eigenvalue weighted by atomic mass is 10.2. The number of alkyl halides is 3. The predicted octanol–water partition coefficient (Wildman–Crippen LogP) is 4.04. The molecule has 2 aromatic heterocycles. The van der Waals surface area contributed by atoms with Crippen LogP contribution in [0.25, 0.3) is 11.5 Å². The maximum Gasteiger partial charge on any atom is 0.417 e. The summed E-state index contributed by atoms with van der Waals surface area (Å²) >= 11 is 0. The fourth-order valence-corrected chi connectivity index (χ4v) is 3.52. The van der Waals surface area contributed by atoms with Crippen molar-refractivity contribution < 1.29 is 26.0 Å². The van der Waals surface area contributed by atoms with Gasteiger partial charge in [-0.2, -0.15) is 13.2 Å². The molecule has 1 aromatic carbocycles. The quantitative estimate of drug-likeness (QED) is 0.681. The van der Waals surface area contributed by atoms with Crippen LogP contribution in [-0.2, 0) is 21.8 Å². The monoisotopic (exact) mass is 382 g/mol. The first-order valence-electron chi connectivity index (χ1n) is 7.44. The normalized spacial score (nSPS) is 12.3. The minimum absolute atomic E-state index is 0.186. The molecule has 0 bridgehead atoms. The topological polar surface area (TPSA) is 73.1 Å². The molecule has 9 heteroatoms. The number of hydrogen-bond acceptors (Lipinski definition) is 5. The van der Waals surface area contributed by atoms with E-state index >= 15 is 0 Å². The first kappa shape index (κ1) is 18.1. The molecule has 0 N–H and O–H groups in total. The minimum Gasteiger partial charge on any atom is -0.441 e. The maximum absolute atomic E-state index is 12.6. The highest BCUT2D eigenvalue weighted by molar-refractivity contribution is 7.90. The van der Waals surface area contributed by atoms with Gasteiger partial charge in [-0.1, -0.05) is 18.2 Å². The molecule has 0 radical (unpaired) electrons. The summed E-state index contributed by atoms with van der Waals surface area (Å²) in [7, 11) is -3.97. The number of benzene rings is 1. The highest BCUT2D eigenvalue weighted by atomic mass is 32.2. The van der Waals surface area contributed by atoms with Crippen LogP contribution in [0.5, 0.6) is 0 Å². The molecule has 2 heterocycles. The molecule has 0 saturated carbocycles. The van der Waals surface area contributed by atoms with E-state index in [0.717, 1.165) is 6.07 Å². The van der Waals surface area contributed by atoms with Crippen LogP contribution in [0.2, 0.25) is 0 Å². The maximum atomic E-state index is 12.6. The van der Waals surface area contributed by atoms with Crippen molar-refractivity contribution in [1.82, 2.24) is 9.97 Å². The third-order valence-corrected chi connectivity index (χ3v) is 5.15. The van der Waals surface area contributed by atoms with Gasteiger partial charge in [-0.25, -0.2) is 18.4 Å². The molecule has 3 aromatic rings. The first-order chi connectivity index (χ1) is 12.2. The van der Waals surface area contributed by atoms with Crippen molar-refractivity contribution in [2.45, 2.75) is 23.9 Å². The molecule has 0 aliphatic heterocycles. The Bertz CT molecular complexity index is 1010. The van der Waals surface area contributed by atoms with Crippen LogP contribution in [-0.4, -0.2) is 18.4 Å². The van der Waals surface area contributed by atoms with Crippen LogP contribution < -0.4 is 0 Å². The van der Waals surface area contributed by atoms with E-state index in [0.29, 0.717) is 23.6 Å². The molecule has 0 atom stereocenters. The van der Waals surface area contributed by atoms with Gasteiger partial charge >= 0.3 is 6.18 Å². The van der Waals surface area contributed by atoms with E-state index in [4.69, 9.17) is 4.42 Å². The Hall–Kier alpha value is -2.68. The van der Waals surface area contributed by atoms with Gasteiger partial charge in [0.25, 0.3) is 0 Å². The lowest BCUT2D eigenvalue weighted by Crippen LogP contribution is -2.11. The van der Waals surface area contributed by atoms with E-state index in [9.17, 15) is 21.6 Å². The molecule has 0 aliphatic rings. The zero-order valence-electron chi connectivity index (χ0n) is 13.5. The van der Waals surface area contributed by atoms with Gasteiger partial charge in [0.1, 0.15) is 11.5 Å². The van der Waals surface area contributed by atoms with Gasteiger partial charge in [-0.05, 0) is 31.2 Å². The van der Waals surface area contributed by atoms with Gasteiger partial charge in [0.05, 0.1) is 11.3 Å². The second-order valence-corrected chi connectivity index (χ2v) is 7.47. The van der Waals surface area contributed by atoms with Gasteiger partial charge in [-0.3, -0.25) is 0 Å². The van der Waals surface area contributed by atoms with Gasteiger partial charge in [0.15, 0.2) is 5.03 Å². The number of aromatic nitrogens is 2. The summed E-state index contributed by atoms with van der Waals surface area (Å²) in [6.07, 6.45) is -4.08. The summed E-state index contributed by atoms with van der Waals surface area (Å²) in [6.45, 7) is 1.57. The summed E-state index contributed by atoms with van der Waals surface area (Å²) in [4.78, 5) is 7.64. The lowest BCUT2D eigenvalue weighted by molar-refractivity contribution is -0.137. The van der Waals surface area contributed by atoms with Crippen LogP contribution >= 0.6 is 0 Å². The highest BCUT2D eigenvalue weighted by Gasteiger charge is 2.31. The van der Waals surface area contributed by atoms with Crippen molar-refractivity contribution in [2.24, 2.45) is 0 Å². The van der Waals surface area contributed by atoms with Crippen molar-refractivity contribution in [3.8, 4) is 11.5 Å². The molecule has 3 rings (SSSR count). The molecule has 26 heavy (non-hydrogen) atoms. The Morgan fingerprint density at radius 3 is 2.35 bits per heavy atom. The van der Waals surface area contributed by atoms with Crippen LogP contribution in [0, 0.1) is 6.92 Å². The number of oxazole rings is 1. The third kappa shape index (κ3) is 3.77. The van der Waals surface area contributed by atoms with Crippen LogP contribution in [0.3, 0.4) is 0 Å². The number of pyridine rings is 1. The van der Waals surface area contributed by atoms with Gasteiger partial charge in [-0.15, -0.1) is 0 Å². The van der Waals surface area contributed by atoms with Crippen molar-refractivity contribution in [1.29, 1.82) is 0 Å². The first-order valence-corrected chi connectivity index (χ1v) is 9.10. The van der Waals surface area contributed by atoms with Crippen molar-refractivity contribution in [2.75, 3.05) is 0 Å². The van der Waals surface area contributed by atoms with Gasteiger partial charge in [0, 0.05) is 11.8 Å². The molecule has 0 spiro atoms. The van der Waals surface area contributed by atoms with E-state index in [1.165, 1.54) is 0 Å². The fourth-order valence-electron chi connectivity index (χ4n) is 2.25. The van der Waals surface area contributed by atoms with Crippen LogP contribution in [0.4, 0.5) is 13.2 Å². The molecule has 5 nitrogen and oxygen atoms in total. The second kappa shape index (κ2) is 6.56. The Morgan fingerprint density at radius 2 is 1.77 bits per heavy atom. The predicted molar refractivity (Wildman–Crippen MR) is 86.8 cm³/mol. The number of nitrogens with zero attached hydrogens (tertiary/aromatic N) is 2. The number of halogens is 3. The highest BCUT2D eigenvalue weighted by Crippen LogP contribution is 2.29. The molecular weight excluding hydrogens is 369 g/mol. The van der Waals surface area contributed by atoms with Crippen molar-refractivity contribution in [3.63, 3.8) is 0 Å². The average molecular weight is 382 g/mol. The van der Waals surface area contributed by atoms with E-state index in [1.807, 2.05) is 6.07 Å². The van der Waals surface area contributed by atoms with E-state index in [1.54, 1.807) is 31.2 Å². The second-order valence-electron chi connectivity index (χ2n) is 5.53. The van der Waals surface area contributed by atoms with Crippen LogP contribution in [0.1, 0.15) is 17.0 Å². The summed E-state index contributed by atoms with van der Waals surface area (Å²) in [5, 5.41) is -0.450. The fraction of sp³-hybridized carbons (Fsp3) is 0.176. The molecule has 0 saturated heterocycles. The Kier molecular flexibility index (Phi) is 4.57. The molecular formula is C17H13F3N2O3S. The number of sulfone groups is 1. The lowest BCUT2D eigenvalue weighted by Gasteiger charge is -2.07. The third-order valence-electron chi connectivity index (χ3n) is 3.62. The van der Waals surface area contributed by atoms with E-state index in [2.05, 4.69) is 9.97 Å². The number of hydrogen-bond donors (Lipinski definition) is 0. The zero-order valence-corrected chi connectivity index (χ0v) is 14.3. The molecule has 0 aliphatic carbocycles. The van der Waals surface area contributed by atoms with Crippen LogP contribution in [0.15, 0.2) is 58.1 Å². The average Bonchev–Trinajstić information content (AvgIpc) is 2.95. The van der Waals surface area contributed by atoms with Gasteiger partial charge < -0.3 is 4.42 Å². The van der Waals surface area contributed by atoms with Gasteiger partial charge in [0.2, 0.25) is 15.7 Å². The molecule has 136 valence electrons. The van der Waals surface area contributed by atoms with E-state index < -0.39 is 32.4 Å². The van der Waals surface area contributed by atoms with E-state index in [-0.39, 0.29) is 11.6 Å².